The molecule has 1 saturated heterocycles. The molecule has 7 heteroatoms. The number of amides is 1. The van der Waals surface area contributed by atoms with Gasteiger partial charge in [0.25, 0.3) is 5.91 Å². The van der Waals surface area contributed by atoms with Crippen molar-refractivity contribution in [3.8, 4) is 0 Å². The highest BCUT2D eigenvalue weighted by atomic mass is 16.5. The fourth-order valence-electron chi connectivity index (χ4n) is 4.08. The number of carbonyl (C=O) groups is 1. The van der Waals surface area contributed by atoms with E-state index >= 15 is 0 Å². The van der Waals surface area contributed by atoms with Crippen LogP contribution in [0.15, 0.2) is 47.4 Å². The lowest BCUT2D eigenvalue weighted by atomic mass is 10.0. The molecule has 0 bridgehead atoms. The fourth-order valence-corrected chi connectivity index (χ4v) is 4.08. The van der Waals surface area contributed by atoms with E-state index in [-0.39, 0.29) is 22.9 Å². The molecule has 0 aliphatic carbocycles. The van der Waals surface area contributed by atoms with Gasteiger partial charge in [0.15, 0.2) is 5.43 Å². The molecule has 3 heterocycles. The molecule has 3 aromatic rings. The highest BCUT2D eigenvalue weighted by Crippen LogP contribution is 2.30. The van der Waals surface area contributed by atoms with Gasteiger partial charge in [0.1, 0.15) is 5.56 Å². The summed E-state index contributed by atoms with van der Waals surface area (Å²) < 4.78 is 7.69. The highest BCUT2D eigenvalue weighted by Gasteiger charge is 2.34. The maximum atomic E-state index is 13.3. The van der Waals surface area contributed by atoms with E-state index in [2.05, 4.69) is 17.1 Å². The smallest absolute Gasteiger partial charge is 0.259 e. The van der Waals surface area contributed by atoms with E-state index in [9.17, 15) is 9.59 Å². The molecule has 1 unspecified atom stereocenters. The number of hydrogen-bond donors (Lipinski definition) is 1. The standard InChI is InChI=1S/C23H26N4O3/c1-15-11-21(28)19(12-24-15)23(29)26-9-10-30-14-20(26)22-16(2)25-27(17(22)3)13-18-7-5-4-6-8-18/h4-8,11-12,20H,9-10,13-14H2,1-3H3,(H,24,28). The van der Waals surface area contributed by atoms with Crippen LogP contribution in [-0.2, 0) is 11.3 Å². The van der Waals surface area contributed by atoms with Gasteiger partial charge in [-0.1, -0.05) is 30.3 Å². The topological polar surface area (TPSA) is 80.2 Å². The predicted octanol–water partition coefficient (Wildman–Crippen LogP) is 2.76. The first-order chi connectivity index (χ1) is 14.5. The maximum Gasteiger partial charge on any atom is 0.259 e. The number of H-pyrrole nitrogens is 1. The summed E-state index contributed by atoms with van der Waals surface area (Å²) in [6.45, 7) is 7.69. The Labute approximate surface area is 175 Å². The predicted molar refractivity (Wildman–Crippen MR) is 114 cm³/mol. The van der Waals surface area contributed by atoms with Gasteiger partial charge < -0.3 is 14.6 Å². The van der Waals surface area contributed by atoms with E-state index in [0.29, 0.717) is 26.3 Å². The molecule has 1 N–H and O–H groups in total. The minimum absolute atomic E-state index is 0.152. The second-order valence-corrected chi connectivity index (χ2v) is 7.71. The van der Waals surface area contributed by atoms with Crippen LogP contribution in [0.3, 0.4) is 0 Å². The molecule has 1 fully saturated rings. The molecule has 0 radical (unpaired) electrons. The Morgan fingerprint density at radius 3 is 2.73 bits per heavy atom. The lowest BCUT2D eigenvalue weighted by molar-refractivity contribution is -0.00314. The zero-order chi connectivity index (χ0) is 21.3. The second kappa shape index (κ2) is 8.28. The van der Waals surface area contributed by atoms with Crippen molar-refractivity contribution in [3.63, 3.8) is 0 Å². The van der Waals surface area contributed by atoms with Crippen molar-refractivity contribution in [3.05, 3.63) is 86.6 Å². The molecule has 30 heavy (non-hydrogen) atoms. The van der Waals surface area contributed by atoms with E-state index < -0.39 is 0 Å². The normalized spacial score (nSPS) is 16.6. The first-order valence-corrected chi connectivity index (χ1v) is 10.1. The summed E-state index contributed by atoms with van der Waals surface area (Å²) in [5.41, 5.74) is 4.63. The van der Waals surface area contributed by atoms with Gasteiger partial charge in [-0.3, -0.25) is 14.3 Å². The number of aryl methyl sites for hydroxylation is 2. The van der Waals surface area contributed by atoms with Gasteiger partial charge in [-0.05, 0) is 26.3 Å². The van der Waals surface area contributed by atoms with Crippen molar-refractivity contribution < 1.29 is 9.53 Å². The van der Waals surface area contributed by atoms with Crippen molar-refractivity contribution in [2.24, 2.45) is 0 Å². The third kappa shape index (κ3) is 3.80. The van der Waals surface area contributed by atoms with E-state index in [0.717, 1.165) is 28.2 Å². The molecule has 1 aliphatic rings. The Morgan fingerprint density at radius 1 is 1.23 bits per heavy atom. The molecule has 1 amide bonds. The van der Waals surface area contributed by atoms with Crippen molar-refractivity contribution in [1.29, 1.82) is 0 Å². The van der Waals surface area contributed by atoms with E-state index in [1.165, 1.54) is 12.3 Å². The van der Waals surface area contributed by atoms with Crippen LogP contribution in [0.25, 0.3) is 0 Å². The summed E-state index contributed by atoms with van der Waals surface area (Å²) in [5.74, 6) is -0.279. The summed E-state index contributed by atoms with van der Waals surface area (Å²) in [6.07, 6.45) is 1.51. The Bertz CT molecular complexity index is 1120. The lowest BCUT2D eigenvalue weighted by Gasteiger charge is -2.36. The maximum absolute atomic E-state index is 13.3. The van der Waals surface area contributed by atoms with E-state index in [1.54, 1.807) is 11.8 Å². The summed E-state index contributed by atoms with van der Waals surface area (Å²) >= 11 is 0. The van der Waals surface area contributed by atoms with Gasteiger partial charge in [-0.15, -0.1) is 0 Å². The Morgan fingerprint density at radius 2 is 2.00 bits per heavy atom. The number of nitrogens with zero attached hydrogens (tertiary/aromatic N) is 3. The number of aromatic amines is 1. The van der Waals surface area contributed by atoms with E-state index in [4.69, 9.17) is 9.84 Å². The lowest BCUT2D eigenvalue weighted by Crippen LogP contribution is -2.45. The summed E-state index contributed by atoms with van der Waals surface area (Å²) in [5, 5.41) is 4.73. The zero-order valence-corrected chi connectivity index (χ0v) is 17.5. The van der Waals surface area contributed by atoms with Crippen LogP contribution in [0.2, 0.25) is 0 Å². The fraction of sp³-hybridized carbons (Fsp3) is 0.348. The number of nitrogens with one attached hydrogen (secondary N) is 1. The van der Waals surface area contributed by atoms with Crippen LogP contribution in [0.4, 0.5) is 0 Å². The van der Waals surface area contributed by atoms with Crippen molar-refractivity contribution in [2.45, 2.75) is 33.4 Å². The number of pyridine rings is 1. The molecule has 156 valence electrons. The summed E-state index contributed by atoms with van der Waals surface area (Å²) in [4.78, 5) is 30.4. The average molecular weight is 406 g/mol. The number of carbonyl (C=O) groups excluding carboxylic acids is 1. The molecule has 4 rings (SSSR count). The zero-order valence-electron chi connectivity index (χ0n) is 17.5. The van der Waals surface area contributed by atoms with Gasteiger partial charge >= 0.3 is 0 Å². The van der Waals surface area contributed by atoms with Crippen LogP contribution >= 0.6 is 0 Å². The van der Waals surface area contributed by atoms with Gasteiger partial charge in [0.05, 0.1) is 31.5 Å². The SMILES string of the molecule is Cc1cc(=O)c(C(=O)N2CCOCC2c2c(C)nn(Cc3ccccc3)c2C)c[nH]1. The summed E-state index contributed by atoms with van der Waals surface area (Å²) in [7, 11) is 0. The molecule has 1 aromatic carbocycles. The Balaban J connectivity index is 1.67. The van der Waals surface area contributed by atoms with Gasteiger partial charge in [0, 0.05) is 35.8 Å². The van der Waals surface area contributed by atoms with Crippen LogP contribution in [0.5, 0.6) is 0 Å². The number of ether oxygens (including phenoxy) is 1. The second-order valence-electron chi connectivity index (χ2n) is 7.71. The number of rotatable bonds is 4. The summed E-state index contributed by atoms with van der Waals surface area (Å²) in [6, 6.07) is 11.3. The third-order valence-electron chi connectivity index (χ3n) is 5.62. The monoisotopic (exact) mass is 406 g/mol. The minimum atomic E-state index is -0.281. The number of hydrogen-bond acceptors (Lipinski definition) is 4. The van der Waals surface area contributed by atoms with Crippen molar-refractivity contribution in [2.75, 3.05) is 19.8 Å². The van der Waals surface area contributed by atoms with Crippen molar-refractivity contribution >= 4 is 5.91 Å². The van der Waals surface area contributed by atoms with Gasteiger partial charge in [0.2, 0.25) is 0 Å². The molecule has 2 aromatic heterocycles. The molecule has 7 nitrogen and oxygen atoms in total. The van der Waals surface area contributed by atoms with Crippen LogP contribution in [0, 0.1) is 20.8 Å². The molecular weight excluding hydrogens is 380 g/mol. The molecular formula is C23H26N4O3. The molecule has 0 spiro atoms. The quantitative estimate of drug-likeness (QED) is 0.723. The van der Waals surface area contributed by atoms with Crippen LogP contribution < -0.4 is 5.43 Å². The molecule has 1 aliphatic heterocycles. The van der Waals surface area contributed by atoms with Crippen molar-refractivity contribution in [1.82, 2.24) is 19.7 Å². The van der Waals surface area contributed by atoms with Gasteiger partial charge in [-0.25, -0.2) is 0 Å². The molecule has 0 saturated carbocycles. The number of benzene rings is 1. The van der Waals surface area contributed by atoms with Crippen LogP contribution in [-0.4, -0.2) is 45.3 Å². The largest absolute Gasteiger partial charge is 0.377 e. The molecule has 1 atom stereocenters. The van der Waals surface area contributed by atoms with Crippen LogP contribution in [0.1, 0.15) is 44.6 Å². The average Bonchev–Trinajstić information content (AvgIpc) is 3.01. The third-order valence-corrected chi connectivity index (χ3v) is 5.62. The minimum Gasteiger partial charge on any atom is -0.377 e. The Hall–Kier alpha value is -3.19. The highest BCUT2D eigenvalue weighted by molar-refractivity contribution is 5.94. The van der Waals surface area contributed by atoms with E-state index in [1.807, 2.05) is 36.7 Å². The first-order valence-electron chi connectivity index (χ1n) is 10.1. The number of morpholine rings is 1. The Kier molecular flexibility index (Phi) is 5.55. The first kappa shape index (κ1) is 20.1. The van der Waals surface area contributed by atoms with Gasteiger partial charge in [-0.2, -0.15) is 5.10 Å². The number of aromatic nitrogens is 3.